The molecule has 0 unspecified atom stereocenters. The molecule has 0 aliphatic carbocycles. The van der Waals surface area contributed by atoms with Crippen LogP contribution in [0.15, 0.2) is 30.3 Å². The first-order valence-electron chi connectivity index (χ1n) is 4.67. The minimum absolute atomic E-state index is 0.637. The van der Waals surface area contributed by atoms with E-state index >= 15 is 0 Å². The van der Waals surface area contributed by atoms with Gasteiger partial charge in [0.15, 0.2) is 0 Å². The number of anilines is 1. The van der Waals surface area contributed by atoms with E-state index in [0.29, 0.717) is 11.4 Å². The third kappa shape index (κ3) is 1.46. The Hall–Kier alpha value is -1.90. The zero-order valence-electron chi connectivity index (χ0n) is 8.78. The van der Waals surface area contributed by atoms with E-state index in [0.717, 1.165) is 16.5 Å². The SMILES string of the molecule is COc1cccc2c(OC)c(N)ccc12. The highest BCUT2D eigenvalue weighted by Gasteiger charge is 2.08. The molecule has 3 nitrogen and oxygen atoms in total. The largest absolute Gasteiger partial charge is 0.496 e. The molecule has 0 fully saturated rings. The van der Waals surface area contributed by atoms with Crippen molar-refractivity contribution in [1.29, 1.82) is 0 Å². The van der Waals surface area contributed by atoms with Crippen LogP contribution in [0.1, 0.15) is 0 Å². The van der Waals surface area contributed by atoms with Gasteiger partial charge >= 0.3 is 0 Å². The van der Waals surface area contributed by atoms with Crippen molar-refractivity contribution >= 4 is 16.5 Å². The number of nitrogen functional groups attached to an aromatic ring is 1. The minimum Gasteiger partial charge on any atom is -0.496 e. The maximum atomic E-state index is 5.82. The van der Waals surface area contributed by atoms with Crippen LogP contribution in [0.5, 0.6) is 11.5 Å². The molecule has 2 aromatic carbocycles. The van der Waals surface area contributed by atoms with Crippen LogP contribution in [0.2, 0.25) is 0 Å². The molecular formula is C12H13NO2. The zero-order valence-corrected chi connectivity index (χ0v) is 8.78. The van der Waals surface area contributed by atoms with Crippen LogP contribution in [0.4, 0.5) is 5.69 Å². The quantitative estimate of drug-likeness (QED) is 0.762. The average Bonchev–Trinajstić information content (AvgIpc) is 2.28. The second-order valence-corrected chi connectivity index (χ2v) is 3.24. The highest BCUT2D eigenvalue weighted by atomic mass is 16.5. The number of hydrogen-bond donors (Lipinski definition) is 1. The molecule has 0 aromatic heterocycles. The Morgan fingerprint density at radius 1 is 0.933 bits per heavy atom. The maximum absolute atomic E-state index is 5.82. The Morgan fingerprint density at radius 3 is 2.40 bits per heavy atom. The smallest absolute Gasteiger partial charge is 0.149 e. The van der Waals surface area contributed by atoms with Gasteiger partial charge < -0.3 is 15.2 Å². The fourth-order valence-corrected chi connectivity index (χ4v) is 1.72. The van der Waals surface area contributed by atoms with Crippen LogP contribution >= 0.6 is 0 Å². The summed E-state index contributed by atoms with van der Waals surface area (Å²) < 4.78 is 10.5. The number of hydrogen-bond acceptors (Lipinski definition) is 3. The lowest BCUT2D eigenvalue weighted by Gasteiger charge is -2.10. The molecular weight excluding hydrogens is 190 g/mol. The third-order valence-corrected chi connectivity index (χ3v) is 2.43. The van der Waals surface area contributed by atoms with Gasteiger partial charge in [0.05, 0.1) is 19.9 Å². The molecule has 78 valence electrons. The fourth-order valence-electron chi connectivity index (χ4n) is 1.72. The summed E-state index contributed by atoms with van der Waals surface area (Å²) in [7, 11) is 3.27. The van der Waals surface area contributed by atoms with Crippen molar-refractivity contribution < 1.29 is 9.47 Å². The lowest BCUT2D eigenvalue weighted by Crippen LogP contribution is -1.94. The Morgan fingerprint density at radius 2 is 1.73 bits per heavy atom. The summed E-state index contributed by atoms with van der Waals surface area (Å²) in [5.74, 6) is 1.53. The van der Waals surface area contributed by atoms with Gasteiger partial charge in [0.1, 0.15) is 11.5 Å². The highest BCUT2D eigenvalue weighted by Crippen LogP contribution is 2.35. The topological polar surface area (TPSA) is 44.5 Å². The predicted octanol–water partition coefficient (Wildman–Crippen LogP) is 2.44. The van der Waals surface area contributed by atoms with E-state index in [1.54, 1.807) is 14.2 Å². The molecule has 0 saturated heterocycles. The van der Waals surface area contributed by atoms with Crippen molar-refractivity contribution in [2.75, 3.05) is 20.0 Å². The molecule has 15 heavy (non-hydrogen) atoms. The lowest BCUT2D eigenvalue weighted by molar-refractivity contribution is 0.416. The Bertz CT molecular complexity index is 494. The zero-order chi connectivity index (χ0) is 10.8. The number of ether oxygens (including phenoxy) is 2. The van der Waals surface area contributed by atoms with Gasteiger partial charge in [-0.2, -0.15) is 0 Å². The molecule has 0 atom stereocenters. The lowest BCUT2D eigenvalue weighted by atomic mass is 10.1. The van der Waals surface area contributed by atoms with E-state index in [1.165, 1.54) is 0 Å². The average molecular weight is 203 g/mol. The molecule has 0 radical (unpaired) electrons. The standard InChI is InChI=1S/C12H13NO2/c1-14-11-5-3-4-9-8(11)6-7-10(13)12(9)15-2/h3-7H,13H2,1-2H3. The monoisotopic (exact) mass is 203 g/mol. The summed E-state index contributed by atoms with van der Waals surface area (Å²) in [6, 6.07) is 9.56. The molecule has 0 saturated carbocycles. The van der Waals surface area contributed by atoms with Gasteiger partial charge in [-0.25, -0.2) is 0 Å². The van der Waals surface area contributed by atoms with Crippen molar-refractivity contribution in [3.8, 4) is 11.5 Å². The molecule has 0 aliphatic heterocycles. The van der Waals surface area contributed by atoms with Crippen LogP contribution < -0.4 is 15.2 Å². The predicted molar refractivity (Wildman–Crippen MR) is 61.5 cm³/mol. The molecule has 0 amide bonds. The molecule has 0 spiro atoms. The summed E-state index contributed by atoms with van der Waals surface area (Å²) in [4.78, 5) is 0. The van der Waals surface area contributed by atoms with E-state index in [2.05, 4.69) is 0 Å². The highest BCUT2D eigenvalue weighted by molar-refractivity contribution is 5.96. The second-order valence-electron chi connectivity index (χ2n) is 3.24. The van der Waals surface area contributed by atoms with E-state index in [1.807, 2.05) is 30.3 Å². The first kappa shape index (κ1) is 9.65. The first-order valence-corrected chi connectivity index (χ1v) is 4.67. The minimum atomic E-state index is 0.637. The van der Waals surface area contributed by atoms with E-state index in [9.17, 15) is 0 Å². The molecule has 3 heteroatoms. The normalized spacial score (nSPS) is 10.3. The number of nitrogens with two attached hydrogens (primary N) is 1. The van der Waals surface area contributed by atoms with E-state index in [-0.39, 0.29) is 0 Å². The van der Waals surface area contributed by atoms with E-state index in [4.69, 9.17) is 15.2 Å². The van der Waals surface area contributed by atoms with Crippen LogP contribution in [0, 0.1) is 0 Å². The van der Waals surface area contributed by atoms with Crippen molar-refractivity contribution in [1.82, 2.24) is 0 Å². The Balaban J connectivity index is 2.82. The van der Waals surface area contributed by atoms with Gasteiger partial charge in [-0.3, -0.25) is 0 Å². The van der Waals surface area contributed by atoms with E-state index < -0.39 is 0 Å². The molecule has 0 aliphatic rings. The molecule has 2 N–H and O–H groups in total. The van der Waals surface area contributed by atoms with Gasteiger partial charge in [0.2, 0.25) is 0 Å². The van der Waals surface area contributed by atoms with Crippen molar-refractivity contribution in [3.05, 3.63) is 30.3 Å². The first-order chi connectivity index (χ1) is 7.27. The van der Waals surface area contributed by atoms with Crippen LogP contribution in [0.25, 0.3) is 10.8 Å². The summed E-state index contributed by atoms with van der Waals surface area (Å²) in [6.45, 7) is 0. The second kappa shape index (κ2) is 3.69. The van der Waals surface area contributed by atoms with Gasteiger partial charge in [0.25, 0.3) is 0 Å². The van der Waals surface area contributed by atoms with Crippen LogP contribution in [-0.4, -0.2) is 14.2 Å². The number of methoxy groups -OCH3 is 2. The van der Waals surface area contributed by atoms with Gasteiger partial charge in [0, 0.05) is 10.8 Å². The fraction of sp³-hybridized carbons (Fsp3) is 0.167. The van der Waals surface area contributed by atoms with Crippen molar-refractivity contribution in [3.63, 3.8) is 0 Å². The number of benzene rings is 2. The van der Waals surface area contributed by atoms with Crippen molar-refractivity contribution in [2.24, 2.45) is 0 Å². The summed E-state index contributed by atoms with van der Waals surface area (Å²) >= 11 is 0. The summed E-state index contributed by atoms with van der Waals surface area (Å²) in [5.41, 5.74) is 6.46. The molecule has 0 heterocycles. The summed E-state index contributed by atoms with van der Waals surface area (Å²) in [6.07, 6.45) is 0. The maximum Gasteiger partial charge on any atom is 0.149 e. The summed E-state index contributed by atoms with van der Waals surface area (Å²) in [5, 5.41) is 1.97. The molecule has 2 rings (SSSR count). The molecule has 2 aromatic rings. The van der Waals surface area contributed by atoms with Gasteiger partial charge in [-0.1, -0.05) is 12.1 Å². The Kier molecular flexibility index (Phi) is 2.37. The van der Waals surface area contributed by atoms with Crippen molar-refractivity contribution in [2.45, 2.75) is 0 Å². The van der Waals surface area contributed by atoms with Crippen LogP contribution in [0.3, 0.4) is 0 Å². The van der Waals surface area contributed by atoms with Gasteiger partial charge in [-0.05, 0) is 18.2 Å². The Labute approximate surface area is 88.4 Å². The molecule has 0 bridgehead atoms. The van der Waals surface area contributed by atoms with Gasteiger partial charge in [-0.15, -0.1) is 0 Å². The number of fused-ring (bicyclic) bond motifs is 1. The third-order valence-electron chi connectivity index (χ3n) is 2.43. The number of rotatable bonds is 2. The van der Waals surface area contributed by atoms with Crippen LogP contribution in [-0.2, 0) is 0 Å².